The van der Waals surface area contributed by atoms with Crippen LogP contribution in [0.2, 0.25) is 0 Å². The van der Waals surface area contributed by atoms with Crippen LogP contribution in [0.25, 0.3) is 5.52 Å². The van der Waals surface area contributed by atoms with E-state index < -0.39 is 0 Å². The third-order valence-electron chi connectivity index (χ3n) is 5.59. The molecule has 1 fully saturated rings. The molecule has 7 nitrogen and oxygen atoms in total. The zero-order valence-corrected chi connectivity index (χ0v) is 16.6. The fourth-order valence-electron chi connectivity index (χ4n) is 3.85. The summed E-state index contributed by atoms with van der Waals surface area (Å²) in [5, 5.41) is 3.08. The Balaban J connectivity index is 1.37. The van der Waals surface area contributed by atoms with Crippen LogP contribution in [0.3, 0.4) is 0 Å². The third kappa shape index (κ3) is 3.31. The van der Waals surface area contributed by atoms with Gasteiger partial charge < -0.3 is 24.1 Å². The number of ether oxygens (including phenoxy) is 2. The number of imidazole rings is 1. The first-order valence-electron chi connectivity index (χ1n) is 9.93. The molecule has 1 unspecified atom stereocenters. The summed E-state index contributed by atoms with van der Waals surface area (Å²) >= 11 is 0. The summed E-state index contributed by atoms with van der Waals surface area (Å²) in [6.45, 7) is 0.717. The van der Waals surface area contributed by atoms with Crippen LogP contribution in [0.1, 0.15) is 46.7 Å². The van der Waals surface area contributed by atoms with Gasteiger partial charge in [0.15, 0.2) is 17.2 Å². The van der Waals surface area contributed by atoms with Gasteiger partial charge in [-0.25, -0.2) is 4.98 Å². The second kappa shape index (κ2) is 7.08. The smallest absolute Gasteiger partial charge is 0.272 e. The molecule has 1 saturated carbocycles. The summed E-state index contributed by atoms with van der Waals surface area (Å²) in [4.78, 5) is 19.8. The van der Waals surface area contributed by atoms with Crippen molar-refractivity contribution in [2.24, 2.45) is 0 Å². The normalized spacial score (nSPS) is 16.4. The number of amides is 1. The number of fused-ring (bicyclic) bond motifs is 2. The van der Waals surface area contributed by atoms with E-state index in [1.165, 1.54) is 0 Å². The van der Waals surface area contributed by atoms with Crippen molar-refractivity contribution in [3.05, 3.63) is 59.7 Å². The number of hydrogen-bond donors (Lipinski definition) is 1. The highest BCUT2D eigenvalue weighted by Crippen LogP contribution is 2.40. The van der Waals surface area contributed by atoms with Gasteiger partial charge in [0.25, 0.3) is 5.91 Å². The largest absolute Gasteiger partial charge is 0.454 e. The summed E-state index contributed by atoms with van der Waals surface area (Å²) in [5.41, 5.74) is 2.42. The van der Waals surface area contributed by atoms with Crippen LogP contribution in [-0.4, -0.2) is 47.6 Å². The van der Waals surface area contributed by atoms with Gasteiger partial charge in [0.2, 0.25) is 6.79 Å². The molecule has 3 aromatic rings. The number of rotatable bonds is 6. The van der Waals surface area contributed by atoms with Crippen LogP contribution in [0.5, 0.6) is 11.5 Å². The monoisotopic (exact) mass is 392 g/mol. The molecule has 1 amide bonds. The lowest BCUT2D eigenvalue weighted by Gasteiger charge is -2.25. The van der Waals surface area contributed by atoms with Gasteiger partial charge in [-0.3, -0.25) is 4.79 Å². The number of carbonyl (C=O) groups excluding carboxylic acids is 1. The maximum absolute atomic E-state index is 13.0. The molecule has 1 aliphatic carbocycles. The van der Waals surface area contributed by atoms with Crippen LogP contribution in [0, 0.1) is 0 Å². The lowest BCUT2D eigenvalue weighted by molar-refractivity contribution is 0.0939. The predicted octanol–water partition coefficient (Wildman–Crippen LogP) is 2.97. The first kappa shape index (κ1) is 18.0. The topological polar surface area (TPSA) is 68.1 Å². The van der Waals surface area contributed by atoms with E-state index >= 15 is 0 Å². The van der Waals surface area contributed by atoms with Gasteiger partial charge in [-0.15, -0.1) is 0 Å². The number of pyridine rings is 1. The van der Waals surface area contributed by atoms with E-state index in [0.29, 0.717) is 18.2 Å². The van der Waals surface area contributed by atoms with E-state index in [-0.39, 0.29) is 18.7 Å². The van der Waals surface area contributed by atoms with Crippen molar-refractivity contribution in [3.63, 3.8) is 0 Å². The molecule has 1 aromatic carbocycles. The molecule has 1 N–H and O–H groups in total. The molecule has 0 radical (unpaired) electrons. The second-order valence-electron chi connectivity index (χ2n) is 7.85. The number of carbonyl (C=O) groups is 1. The first-order valence-corrected chi connectivity index (χ1v) is 9.93. The van der Waals surface area contributed by atoms with Crippen LogP contribution in [0.15, 0.2) is 42.6 Å². The van der Waals surface area contributed by atoms with Crippen molar-refractivity contribution in [3.8, 4) is 11.5 Å². The lowest BCUT2D eigenvalue weighted by atomic mass is 10.1. The highest BCUT2D eigenvalue weighted by atomic mass is 16.7. The lowest BCUT2D eigenvalue weighted by Crippen LogP contribution is -2.34. The van der Waals surface area contributed by atoms with E-state index in [9.17, 15) is 4.79 Å². The summed E-state index contributed by atoms with van der Waals surface area (Å²) < 4.78 is 13.0. The van der Waals surface area contributed by atoms with Crippen molar-refractivity contribution >= 4 is 11.4 Å². The standard InChI is InChI=1S/C22H24N4O3/c1-25(2)17(15-8-9-18-19(11-15)29-13-28-18)12-23-22(27)20-16-5-3-4-10-26(16)21(24-20)14-6-7-14/h3-5,8-11,14,17H,6-7,12-13H2,1-2H3,(H,23,27). The number of hydrogen-bond acceptors (Lipinski definition) is 5. The molecule has 5 rings (SSSR count). The Labute approximate surface area is 169 Å². The summed E-state index contributed by atoms with van der Waals surface area (Å²) in [7, 11) is 4.00. The molecule has 2 aromatic heterocycles. The maximum atomic E-state index is 13.0. The Morgan fingerprint density at radius 2 is 2.07 bits per heavy atom. The van der Waals surface area contributed by atoms with Gasteiger partial charge in [0.1, 0.15) is 5.82 Å². The van der Waals surface area contributed by atoms with E-state index in [1.54, 1.807) is 0 Å². The van der Waals surface area contributed by atoms with Crippen molar-refractivity contribution in [2.45, 2.75) is 24.8 Å². The Morgan fingerprint density at radius 1 is 1.24 bits per heavy atom. The summed E-state index contributed by atoms with van der Waals surface area (Å²) in [5.74, 6) is 2.82. The van der Waals surface area contributed by atoms with Gasteiger partial charge in [0, 0.05) is 18.7 Å². The Kier molecular flexibility index (Phi) is 4.39. The molecule has 0 bridgehead atoms. The highest BCUT2D eigenvalue weighted by Gasteiger charge is 2.30. The molecule has 1 aliphatic heterocycles. The quantitative estimate of drug-likeness (QED) is 0.699. The van der Waals surface area contributed by atoms with Crippen LogP contribution >= 0.6 is 0 Å². The van der Waals surface area contributed by atoms with Gasteiger partial charge in [-0.05, 0) is 56.8 Å². The highest BCUT2D eigenvalue weighted by molar-refractivity contribution is 5.99. The minimum absolute atomic E-state index is 0.00484. The Morgan fingerprint density at radius 3 is 2.86 bits per heavy atom. The van der Waals surface area contributed by atoms with Gasteiger partial charge in [-0.2, -0.15) is 0 Å². The zero-order chi connectivity index (χ0) is 20.0. The fourth-order valence-corrected chi connectivity index (χ4v) is 3.85. The van der Waals surface area contributed by atoms with Crippen molar-refractivity contribution in [2.75, 3.05) is 27.4 Å². The van der Waals surface area contributed by atoms with E-state index in [2.05, 4.69) is 10.2 Å². The molecular formula is C22H24N4O3. The Hall–Kier alpha value is -3.06. The minimum Gasteiger partial charge on any atom is -0.454 e. The van der Waals surface area contributed by atoms with Gasteiger partial charge in [0.05, 0.1) is 11.6 Å². The molecule has 7 heteroatoms. The van der Waals surface area contributed by atoms with Gasteiger partial charge >= 0.3 is 0 Å². The minimum atomic E-state index is -0.145. The number of aromatic nitrogens is 2. The SMILES string of the molecule is CN(C)C(CNC(=O)c1nc(C2CC2)n2ccccc12)c1ccc2c(c1)OCO2. The summed E-state index contributed by atoms with van der Waals surface area (Å²) in [6, 6.07) is 11.8. The van der Waals surface area contributed by atoms with E-state index in [1.807, 2.05) is 61.1 Å². The molecule has 0 spiro atoms. The van der Waals surface area contributed by atoms with Crippen molar-refractivity contribution in [1.29, 1.82) is 0 Å². The van der Waals surface area contributed by atoms with Gasteiger partial charge in [-0.1, -0.05) is 12.1 Å². The molecular weight excluding hydrogens is 368 g/mol. The third-order valence-corrected chi connectivity index (χ3v) is 5.59. The number of benzene rings is 1. The second-order valence-corrected chi connectivity index (χ2v) is 7.85. The zero-order valence-electron chi connectivity index (χ0n) is 16.6. The maximum Gasteiger partial charge on any atom is 0.272 e. The Bertz CT molecular complexity index is 1070. The van der Waals surface area contributed by atoms with E-state index in [4.69, 9.17) is 14.5 Å². The average molecular weight is 392 g/mol. The van der Waals surface area contributed by atoms with E-state index in [0.717, 1.165) is 41.2 Å². The molecule has 2 aliphatic rings. The predicted molar refractivity (Wildman–Crippen MR) is 108 cm³/mol. The molecule has 0 saturated heterocycles. The molecule has 3 heterocycles. The fraction of sp³-hybridized carbons (Fsp3) is 0.364. The number of nitrogens with one attached hydrogen (secondary N) is 1. The number of likely N-dealkylation sites (N-methyl/N-ethyl adjacent to an activating group) is 1. The molecule has 150 valence electrons. The number of nitrogens with zero attached hydrogens (tertiary/aromatic N) is 3. The molecule has 1 atom stereocenters. The van der Waals surface area contributed by atoms with Crippen LogP contribution in [0.4, 0.5) is 0 Å². The average Bonchev–Trinajstić information content (AvgIpc) is 3.33. The van der Waals surface area contributed by atoms with Crippen molar-refractivity contribution < 1.29 is 14.3 Å². The van der Waals surface area contributed by atoms with Crippen LogP contribution < -0.4 is 14.8 Å². The first-order chi connectivity index (χ1) is 14.1. The van der Waals surface area contributed by atoms with Crippen LogP contribution in [-0.2, 0) is 0 Å². The van der Waals surface area contributed by atoms with Crippen molar-refractivity contribution in [1.82, 2.24) is 19.6 Å². The summed E-state index contributed by atoms with van der Waals surface area (Å²) in [6.07, 6.45) is 4.27. The molecule has 29 heavy (non-hydrogen) atoms.